The molecule has 0 atom stereocenters. The summed E-state index contributed by atoms with van der Waals surface area (Å²) in [5, 5.41) is 6.03. The average molecular weight is 380 g/mol. The van der Waals surface area contributed by atoms with Crippen molar-refractivity contribution in [3.8, 4) is 0 Å². The van der Waals surface area contributed by atoms with Gasteiger partial charge in [0.15, 0.2) is 0 Å². The third-order valence-electron chi connectivity index (χ3n) is 5.43. The molecule has 148 valence electrons. The van der Waals surface area contributed by atoms with Gasteiger partial charge in [0, 0.05) is 24.6 Å². The van der Waals surface area contributed by atoms with E-state index in [-0.39, 0.29) is 23.7 Å². The van der Waals surface area contributed by atoms with Crippen molar-refractivity contribution in [1.29, 1.82) is 0 Å². The Balaban J connectivity index is 1.76. The Hall–Kier alpha value is -2.69. The molecule has 1 fully saturated rings. The van der Waals surface area contributed by atoms with Crippen LogP contribution in [0.4, 0.5) is 5.69 Å². The van der Waals surface area contributed by atoms with E-state index < -0.39 is 5.41 Å². The van der Waals surface area contributed by atoms with Crippen LogP contribution in [-0.4, -0.2) is 16.8 Å². The average Bonchev–Trinajstić information content (AvgIpc) is 3.49. The van der Waals surface area contributed by atoms with Gasteiger partial charge in [-0.05, 0) is 53.5 Å². The van der Waals surface area contributed by atoms with Crippen LogP contribution in [0.2, 0.25) is 0 Å². The van der Waals surface area contributed by atoms with E-state index in [0.29, 0.717) is 19.4 Å². The summed E-state index contributed by atoms with van der Waals surface area (Å²) in [7, 11) is 0. The smallest absolute Gasteiger partial charge is 0.240 e. The summed E-state index contributed by atoms with van der Waals surface area (Å²) in [5.41, 5.74) is 3.09. The quantitative estimate of drug-likeness (QED) is 0.702. The first-order valence-corrected chi connectivity index (χ1v) is 9.96. The van der Waals surface area contributed by atoms with Crippen molar-refractivity contribution >= 4 is 17.5 Å². The molecule has 0 spiro atoms. The van der Waals surface area contributed by atoms with Gasteiger partial charge in [-0.15, -0.1) is 0 Å². The molecule has 2 amide bonds. The monoisotopic (exact) mass is 379 g/mol. The topological polar surface area (TPSA) is 71.1 Å². The first kappa shape index (κ1) is 20.1. The highest BCUT2D eigenvalue weighted by atomic mass is 16.2. The lowest BCUT2D eigenvalue weighted by Crippen LogP contribution is -2.40. The summed E-state index contributed by atoms with van der Waals surface area (Å²) in [4.78, 5) is 29.9. The minimum absolute atomic E-state index is 0.199. The van der Waals surface area contributed by atoms with Crippen molar-refractivity contribution in [1.82, 2.24) is 10.3 Å². The van der Waals surface area contributed by atoms with E-state index in [4.69, 9.17) is 0 Å². The number of hydrogen-bond acceptors (Lipinski definition) is 3. The highest BCUT2D eigenvalue weighted by Crippen LogP contribution is 2.47. The first-order chi connectivity index (χ1) is 13.3. The van der Waals surface area contributed by atoms with E-state index in [0.717, 1.165) is 22.4 Å². The minimum atomic E-state index is -0.953. The largest absolute Gasteiger partial charge is 0.351 e. The van der Waals surface area contributed by atoms with Gasteiger partial charge in [0.1, 0.15) is 5.41 Å². The van der Waals surface area contributed by atoms with Gasteiger partial charge in [0.05, 0.1) is 0 Å². The van der Waals surface area contributed by atoms with Gasteiger partial charge in [-0.3, -0.25) is 14.6 Å². The summed E-state index contributed by atoms with van der Waals surface area (Å²) in [5.74, 6) is 0.166. The Bertz CT molecular complexity index is 829. The highest BCUT2D eigenvalue weighted by Gasteiger charge is 2.56. The van der Waals surface area contributed by atoms with Gasteiger partial charge < -0.3 is 10.6 Å². The Morgan fingerprint density at radius 2 is 1.54 bits per heavy atom. The zero-order valence-corrected chi connectivity index (χ0v) is 17.1. The minimum Gasteiger partial charge on any atom is -0.351 e. The van der Waals surface area contributed by atoms with Crippen molar-refractivity contribution < 1.29 is 9.59 Å². The van der Waals surface area contributed by atoms with Gasteiger partial charge in [-0.2, -0.15) is 0 Å². The van der Waals surface area contributed by atoms with Gasteiger partial charge in [-0.25, -0.2) is 0 Å². The van der Waals surface area contributed by atoms with Crippen LogP contribution < -0.4 is 10.6 Å². The van der Waals surface area contributed by atoms with Gasteiger partial charge in [-0.1, -0.05) is 45.9 Å². The maximum absolute atomic E-state index is 13.1. The van der Waals surface area contributed by atoms with Crippen LogP contribution in [-0.2, 0) is 16.1 Å². The number of anilines is 1. The molecule has 3 rings (SSSR count). The van der Waals surface area contributed by atoms with Crippen LogP contribution in [0, 0.1) is 5.41 Å². The van der Waals surface area contributed by atoms with Crippen LogP contribution in [0.5, 0.6) is 0 Å². The van der Waals surface area contributed by atoms with Crippen LogP contribution in [0.25, 0.3) is 0 Å². The summed E-state index contributed by atoms with van der Waals surface area (Å²) in [6, 6.07) is 9.85. The molecular formula is C23H29N3O2. The van der Waals surface area contributed by atoms with Crippen LogP contribution >= 0.6 is 0 Å². The number of nitrogens with zero attached hydrogens (tertiary/aromatic N) is 1. The Labute approximate surface area is 167 Å². The lowest BCUT2D eigenvalue weighted by atomic mass is 9.92. The summed E-state index contributed by atoms with van der Waals surface area (Å²) in [6.07, 6.45) is 4.55. The number of para-hydroxylation sites is 1. The fourth-order valence-corrected chi connectivity index (χ4v) is 3.46. The van der Waals surface area contributed by atoms with Crippen molar-refractivity contribution in [3.63, 3.8) is 0 Å². The molecule has 2 N–H and O–H groups in total. The SMILES string of the molecule is CC(C)c1cccc(C(C)C)c1NC(=O)C1(C(=O)NCc2ccncc2)CC1. The van der Waals surface area contributed by atoms with E-state index >= 15 is 0 Å². The number of pyridine rings is 1. The van der Waals surface area contributed by atoms with E-state index in [2.05, 4.69) is 55.4 Å². The fourth-order valence-electron chi connectivity index (χ4n) is 3.46. The molecule has 0 radical (unpaired) electrons. The normalized spacial score (nSPS) is 14.8. The summed E-state index contributed by atoms with van der Waals surface area (Å²) >= 11 is 0. The molecule has 5 nitrogen and oxygen atoms in total. The Kier molecular flexibility index (Phi) is 5.82. The number of rotatable bonds is 7. The predicted octanol–water partition coefficient (Wildman–Crippen LogP) is 4.36. The maximum Gasteiger partial charge on any atom is 0.240 e. The Morgan fingerprint density at radius 3 is 2.04 bits per heavy atom. The Morgan fingerprint density at radius 1 is 0.964 bits per heavy atom. The molecule has 0 saturated heterocycles. The first-order valence-electron chi connectivity index (χ1n) is 9.96. The van der Waals surface area contributed by atoms with Crippen molar-refractivity contribution in [2.75, 3.05) is 5.32 Å². The lowest BCUT2D eigenvalue weighted by molar-refractivity contribution is -0.134. The number of benzene rings is 1. The number of amides is 2. The summed E-state index contributed by atoms with van der Waals surface area (Å²) in [6.45, 7) is 8.86. The number of carbonyl (C=O) groups excluding carboxylic acids is 2. The predicted molar refractivity (Wildman–Crippen MR) is 111 cm³/mol. The molecule has 1 aromatic carbocycles. The molecule has 0 bridgehead atoms. The number of aromatic nitrogens is 1. The van der Waals surface area contributed by atoms with E-state index in [1.54, 1.807) is 12.4 Å². The van der Waals surface area contributed by atoms with Crippen LogP contribution in [0.15, 0.2) is 42.7 Å². The number of nitrogens with one attached hydrogen (secondary N) is 2. The fraction of sp³-hybridized carbons (Fsp3) is 0.435. The second-order valence-corrected chi connectivity index (χ2v) is 8.20. The highest BCUT2D eigenvalue weighted by molar-refractivity contribution is 6.13. The second kappa shape index (κ2) is 8.13. The molecule has 1 saturated carbocycles. The molecule has 5 heteroatoms. The zero-order chi connectivity index (χ0) is 20.3. The maximum atomic E-state index is 13.1. The molecule has 1 aliphatic rings. The lowest BCUT2D eigenvalue weighted by Gasteiger charge is -2.22. The van der Waals surface area contributed by atoms with E-state index in [1.807, 2.05) is 18.2 Å². The number of hydrogen-bond donors (Lipinski definition) is 2. The third kappa shape index (κ3) is 4.08. The van der Waals surface area contributed by atoms with Crippen LogP contribution in [0.3, 0.4) is 0 Å². The van der Waals surface area contributed by atoms with Gasteiger partial charge in [0.2, 0.25) is 11.8 Å². The standard InChI is InChI=1S/C23H29N3O2/c1-15(2)18-6-5-7-19(16(3)4)20(18)26-22(28)23(10-11-23)21(27)25-14-17-8-12-24-13-9-17/h5-9,12-13,15-16H,10-11,14H2,1-4H3,(H,25,27)(H,26,28). The van der Waals surface area contributed by atoms with Crippen molar-refractivity contribution in [3.05, 3.63) is 59.4 Å². The zero-order valence-electron chi connectivity index (χ0n) is 17.1. The molecular weight excluding hydrogens is 350 g/mol. The molecule has 2 aromatic rings. The molecule has 1 aromatic heterocycles. The summed E-state index contributed by atoms with van der Waals surface area (Å²) < 4.78 is 0. The van der Waals surface area contributed by atoms with Crippen molar-refractivity contribution in [2.45, 2.75) is 58.9 Å². The molecule has 1 heterocycles. The molecule has 28 heavy (non-hydrogen) atoms. The van der Waals surface area contributed by atoms with E-state index in [1.165, 1.54) is 0 Å². The van der Waals surface area contributed by atoms with Crippen LogP contribution in [0.1, 0.15) is 69.1 Å². The van der Waals surface area contributed by atoms with Gasteiger partial charge in [0.25, 0.3) is 0 Å². The number of carbonyl (C=O) groups is 2. The second-order valence-electron chi connectivity index (χ2n) is 8.20. The van der Waals surface area contributed by atoms with Crippen molar-refractivity contribution in [2.24, 2.45) is 5.41 Å². The third-order valence-corrected chi connectivity index (χ3v) is 5.43. The molecule has 0 aliphatic heterocycles. The molecule has 1 aliphatic carbocycles. The molecule has 0 unspecified atom stereocenters. The van der Waals surface area contributed by atoms with Gasteiger partial charge >= 0.3 is 0 Å². The van der Waals surface area contributed by atoms with E-state index in [9.17, 15) is 9.59 Å².